The number of hydrogen-bond donors (Lipinski definition) is 2. The molecule has 0 aromatic heterocycles. The van der Waals surface area contributed by atoms with E-state index < -0.39 is 12.1 Å². The van der Waals surface area contributed by atoms with Crippen LogP contribution >= 0.6 is 0 Å². The summed E-state index contributed by atoms with van der Waals surface area (Å²) in [7, 11) is 0. The highest BCUT2D eigenvalue weighted by atomic mass is 16.5. The number of carboxylic acids is 1. The molecular formula is C44H76O7. The molecule has 0 saturated heterocycles. The summed E-state index contributed by atoms with van der Waals surface area (Å²) in [5.74, 6) is 0.465. The Hall–Kier alpha value is -1.63. The third kappa shape index (κ3) is 10.7. The van der Waals surface area contributed by atoms with E-state index in [0.29, 0.717) is 25.7 Å². The van der Waals surface area contributed by atoms with Crippen LogP contribution in [0.3, 0.4) is 0 Å². The molecule has 0 spiro atoms. The van der Waals surface area contributed by atoms with Crippen LogP contribution in [0.5, 0.6) is 0 Å². The highest BCUT2D eigenvalue weighted by molar-refractivity contribution is 5.70. The number of aliphatic carboxylic acids is 1. The summed E-state index contributed by atoms with van der Waals surface area (Å²) in [5.41, 5.74) is -0.336. The maximum absolute atomic E-state index is 13.5. The zero-order valence-electron chi connectivity index (χ0n) is 33.3. The number of carbonyl (C=O) groups is 3. The predicted molar refractivity (Wildman–Crippen MR) is 203 cm³/mol. The molecule has 4 fully saturated rings. The minimum atomic E-state index is -0.760. The molecule has 11 atom stereocenters. The number of esters is 2. The molecule has 4 rings (SSSR count). The standard InChI is InChI=1S/C44H76O7/c1-6-8-10-12-14-16-18-20-40(48)50-33-26-27-43(4)32(28-33)29-37(51-41(49)21-19-17-15-13-11-9-7-2)42-35-24-23-34(31(3)22-25-39(46)47)44(35,5)38(45)30-36(42)43/h31-38,42,45H,6-30H2,1-5H3,(H,46,47)/t31-,32+,33-,34-,35+,36+,37-,38+,42+,43+,44-/m1/s1. The second-order valence-electron chi connectivity index (χ2n) is 18.1. The van der Waals surface area contributed by atoms with Crippen LogP contribution in [0.1, 0.15) is 195 Å². The lowest BCUT2D eigenvalue weighted by atomic mass is 9.43. The largest absolute Gasteiger partial charge is 0.481 e. The molecule has 2 N–H and O–H groups in total. The molecule has 0 unspecified atom stereocenters. The fourth-order valence-corrected chi connectivity index (χ4v) is 11.8. The summed E-state index contributed by atoms with van der Waals surface area (Å²) in [4.78, 5) is 37.9. The van der Waals surface area contributed by atoms with Gasteiger partial charge in [0, 0.05) is 25.2 Å². The normalized spacial score (nSPS) is 34.9. The van der Waals surface area contributed by atoms with Crippen LogP contribution in [0.4, 0.5) is 0 Å². The van der Waals surface area contributed by atoms with Crippen molar-refractivity contribution < 1.29 is 34.1 Å². The molecule has 0 amide bonds. The topological polar surface area (TPSA) is 110 Å². The molecule has 4 saturated carbocycles. The Labute approximate surface area is 311 Å². The summed E-state index contributed by atoms with van der Waals surface area (Å²) < 4.78 is 12.7. The number of fused-ring (bicyclic) bond motifs is 5. The molecule has 0 aromatic rings. The second-order valence-corrected chi connectivity index (χ2v) is 18.1. The summed E-state index contributed by atoms with van der Waals surface area (Å²) in [6, 6.07) is 0. The van der Waals surface area contributed by atoms with Crippen LogP contribution in [0.15, 0.2) is 0 Å². The van der Waals surface area contributed by atoms with Gasteiger partial charge < -0.3 is 19.7 Å². The van der Waals surface area contributed by atoms with E-state index in [-0.39, 0.29) is 76.9 Å². The van der Waals surface area contributed by atoms with Crippen LogP contribution < -0.4 is 0 Å². The number of rotatable bonds is 22. The molecule has 294 valence electrons. The molecule has 7 heteroatoms. The van der Waals surface area contributed by atoms with Gasteiger partial charge in [-0.25, -0.2) is 0 Å². The van der Waals surface area contributed by atoms with E-state index in [2.05, 4.69) is 34.6 Å². The second kappa shape index (κ2) is 20.2. The van der Waals surface area contributed by atoms with Crippen LogP contribution in [0.25, 0.3) is 0 Å². The Morgan fingerprint density at radius 1 is 0.706 bits per heavy atom. The Balaban J connectivity index is 1.45. The molecule has 4 aliphatic carbocycles. The molecule has 0 aliphatic heterocycles. The van der Waals surface area contributed by atoms with Gasteiger partial charge in [-0.15, -0.1) is 0 Å². The van der Waals surface area contributed by atoms with Crippen molar-refractivity contribution in [2.75, 3.05) is 0 Å². The molecule has 0 bridgehead atoms. The van der Waals surface area contributed by atoms with E-state index in [4.69, 9.17) is 9.47 Å². The number of aliphatic hydroxyl groups is 1. The Bertz CT molecular complexity index is 1090. The van der Waals surface area contributed by atoms with Gasteiger partial charge in [0.25, 0.3) is 0 Å². The van der Waals surface area contributed by atoms with Crippen molar-refractivity contribution in [3.05, 3.63) is 0 Å². The first kappa shape index (κ1) is 42.1. The first-order valence-corrected chi connectivity index (χ1v) is 21.7. The number of carbonyl (C=O) groups excluding carboxylic acids is 2. The average molecular weight is 717 g/mol. The lowest BCUT2D eigenvalue weighted by molar-refractivity contribution is -0.219. The fourth-order valence-electron chi connectivity index (χ4n) is 11.8. The number of unbranched alkanes of at least 4 members (excludes halogenated alkanes) is 12. The maximum Gasteiger partial charge on any atom is 0.306 e. The number of ether oxygens (including phenoxy) is 2. The quantitative estimate of drug-likeness (QED) is 0.0847. The first-order chi connectivity index (χ1) is 24.4. The van der Waals surface area contributed by atoms with Gasteiger partial charge in [0.05, 0.1) is 6.10 Å². The summed E-state index contributed by atoms with van der Waals surface area (Å²) in [5, 5.41) is 21.5. The van der Waals surface area contributed by atoms with E-state index in [0.717, 1.165) is 64.2 Å². The lowest BCUT2D eigenvalue weighted by Crippen LogP contribution is -2.63. The van der Waals surface area contributed by atoms with Gasteiger partial charge in [0.2, 0.25) is 0 Å². The highest BCUT2D eigenvalue weighted by Crippen LogP contribution is 2.69. The molecule has 0 heterocycles. The minimum absolute atomic E-state index is 0.0111. The van der Waals surface area contributed by atoms with Gasteiger partial charge in [-0.3, -0.25) is 14.4 Å². The van der Waals surface area contributed by atoms with E-state index in [9.17, 15) is 24.6 Å². The average Bonchev–Trinajstić information content (AvgIpc) is 3.45. The van der Waals surface area contributed by atoms with Crippen molar-refractivity contribution in [3.63, 3.8) is 0 Å². The minimum Gasteiger partial charge on any atom is -0.481 e. The van der Waals surface area contributed by atoms with Crippen LogP contribution in [0, 0.1) is 46.3 Å². The molecule has 4 aliphatic rings. The molecule has 7 nitrogen and oxygen atoms in total. The molecule has 0 radical (unpaired) electrons. The maximum atomic E-state index is 13.5. The molecule has 51 heavy (non-hydrogen) atoms. The molecule has 0 aromatic carbocycles. The Kier molecular flexibility index (Phi) is 16.7. The predicted octanol–water partition coefficient (Wildman–Crippen LogP) is 10.8. The van der Waals surface area contributed by atoms with Gasteiger partial charge in [0.1, 0.15) is 12.2 Å². The first-order valence-electron chi connectivity index (χ1n) is 21.7. The zero-order chi connectivity index (χ0) is 37.0. The summed E-state index contributed by atoms with van der Waals surface area (Å²) in [6.07, 6.45) is 23.4. The lowest BCUT2D eigenvalue weighted by Gasteiger charge is -2.64. The van der Waals surface area contributed by atoms with E-state index >= 15 is 0 Å². The van der Waals surface area contributed by atoms with E-state index in [1.54, 1.807) is 0 Å². The van der Waals surface area contributed by atoms with Gasteiger partial charge in [0.15, 0.2) is 0 Å². The van der Waals surface area contributed by atoms with Gasteiger partial charge in [-0.1, -0.05) is 112 Å². The van der Waals surface area contributed by atoms with Crippen LogP contribution in [0.2, 0.25) is 0 Å². The van der Waals surface area contributed by atoms with E-state index in [1.807, 2.05) is 0 Å². The van der Waals surface area contributed by atoms with Crippen molar-refractivity contribution in [2.24, 2.45) is 46.3 Å². The van der Waals surface area contributed by atoms with Crippen molar-refractivity contribution >= 4 is 17.9 Å². The summed E-state index contributed by atoms with van der Waals surface area (Å²) >= 11 is 0. The summed E-state index contributed by atoms with van der Waals surface area (Å²) in [6.45, 7) is 11.3. The van der Waals surface area contributed by atoms with Crippen LogP contribution in [-0.2, 0) is 23.9 Å². The Morgan fingerprint density at radius 2 is 1.27 bits per heavy atom. The number of hydrogen-bond acceptors (Lipinski definition) is 6. The zero-order valence-corrected chi connectivity index (χ0v) is 33.3. The number of aliphatic hydroxyl groups excluding tert-OH is 1. The fraction of sp³-hybridized carbons (Fsp3) is 0.932. The van der Waals surface area contributed by atoms with E-state index in [1.165, 1.54) is 64.2 Å². The SMILES string of the molecule is CCCCCCCCCC(=O)O[C@@H]1CC[C@@]2(C)[C@@H](C1)C[C@@H](OC(=O)CCCCCCCCC)[C@@H]1[C@@H]2C[C@H](O)[C@]2(C)[C@@H]([C@H](C)CCC(=O)O)CC[C@@H]12. The van der Waals surface area contributed by atoms with Gasteiger partial charge >= 0.3 is 17.9 Å². The highest BCUT2D eigenvalue weighted by Gasteiger charge is 2.66. The van der Waals surface area contributed by atoms with Crippen molar-refractivity contribution in [1.82, 2.24) is 0 Å². The van der Waals surface area contributed by atoms with Crippen molar-refractivity contribution in [3.8, 4) is 0 Å². The van der Waals surface area contributed by atoms with Crippen molar-refractivity contribution in [2.45, 2.75) is 213 Å². The van der Waals surface area contributed by atoms with Gasteiger partial charge in [-0.2, -0.15) is 0 Å². The molecular weight excluding hydrogens is 640 g/mol. The third-order valence-electron chi connectivity index (χ3n) is 14.8. The monoisotopic (exact) mass is 717 g/mol. The number of carboxylic acid groups (broad SMARTS) is 1. The van der Waals surface area contributed by atoms with Crippen LogP contribution in [-0.4, -0.2) is 46.4 Å². The smallest absolute Gasteiger partial charge is 0.306 e. The Morgan fingerprint density at radius 3 is 1.86 bits per heavy atom. The van der Waals surface area contributed by atoms with Gasteiger partial charge in [-0.05, 0) is 105 Å². The third-order valence-corrected chi connectivity index (χ3v) is 14.8. The van der Waals surface area contributed by atoms with Crippen molar-refractivity contribution in [1.29, 1.82) is 0 Å².